The summed E-state index contributed by atoms with van der Waals surface area (Å²) in [7, 11) is 7.27. The molecule has 2 rings (SSSR count). The second-order valence-corrected chi connectivity index (χ2v) is 7.70. The number of nitrogens with one attached hydrogen (secondary N) is 2. The molecule has 0 atom stereocenters. The number of methoxy groups -OCH3 is 2. The first-order chi connectivity index (χ1) is 15.5. The van der Waals surface area contributed by atoms with Gasteiger partial charge in [-0.2, -0.15) is 0 Å². The minimum absolute atomic E-state index is 0. The molecule has 2 aromatic rings. The van der Waals surface area contributed by atoms with Gasteiger partial charge in [0.05, 0.1) is 13.7 Å². The summed E-state index contributed by atoms with van der Waals surface area (Å²) in [6.45, 7) is 6.63. The lowest BCUT2D eigenvalue weighted by Gasteiger charge is -2.16. The molecule has 0 aromatic heterocycles. The molecule has 0 radical (unpaired) electrons. The van der Waals surface area contributed by atoms with Crippen molar-refractivity contribution in [3.63, 3.8) is 0 Å². The van der Waals surface area contributed by atoms with Crippen LogP contribution < -0.4 is 20.1 Å². The van der Waals surface area contributed by atoms with E-state index in [1.807, 2.05) is 19.1 Å². The first kappa shape index (κ1) is 29.0. The van der Waals surface area contributed by atoms with Crippen molar-refractivity contribution in [3.05, 3.63) is 59.2 Å². The Morgan fingerprint density at radius 3 is 2.52 bits per heavy atom. The smallest absolute Gasteiger partial charge is 0.191 e. The van der Waals surface area contributed by atoms with E-state index in [2.05, 4.69) is 57.9 Å². The van der Waals surface area contributed by atoms with Crippen LogP contribution in [0.4, 0.5) is 0 Å². The Hall–Kier alpha value is -2.04. The topological polar surface area (TPSA) is 67.4 Å². The molecule has 0 heterocycles. The van der Waals surface area contributed by atoms with Gasteiger partial charge < -0.3 is 29.7 Å². The van der Waals surface area contributed by atoms with E-state index in [1.54, 1.807) is 21.3 Å². The Kier molecular flexibility index (Phi) is 14.5. The number of rotatable bonds is 13. The van der Waals surface area contributed by atoms with E-state index >= 15 is 0 Å². The fourth-order valence-corrected chi connectivity index (χ4v) is 3.18. The fraction of sp³-hybridized carbons (Fsp3) is 0.480. The molecule has 0 fully saturated rings. The zero-order valence-electron chi connectivity index (χ0n) is 20.5. The van der Waals surface area contributed by atoms with Crippen molar-refractivity contribution in [2.24, 2.45) is 4.99 Å². The zero-order chi connectivity index (χ0) is 23.2. The Morgan fingerprint density at radius 1 is 1.00 bits per heavy atom. The molecule has 0 saturated carbocycles. The highest BCUT2D eigenvalue weighted by Crippen LogP contribution is 2.19. The van der Waals surface area contributed by atoms with Crippen LogP contribution in [0.2, 0.25) is 0 Å². The number of aliphatic imine (C=N–C) groups is 1. The zero-order valence-corrected chi connectivity index (χ0v) is 22.8. The molecule has 0 amide bonds. The van der Waals surface area contributed by atoms with Crippen LogP contribution in [-0.2, 0) is 17.7 Å². The van der Waals surface area contributed by atoms with Gasteiger partial charge in [-0.1, -0.05) is 24.3 Å². The van der Waals surface area contributed by atoms with Gasteiger partial charge >= 0.3 is 0 Å². The molecule has 33 heavy (non-hydrogen) atoms. The molecule has 0 saturated heterocycles. The summed E-state index contributed by atoms with van der Waals surface area (Å²) in [5.74, 6) is 2.57. The van der Waals surface area contributed by atoms with Crippen molar-refractivity contribution in [3.8, 4) is 11.5 Å². The van der Waals surface area contributed by atoms with Crippen molar-refractivity contribution < 1.29 is 14.2 Å². The molecule has 7 nitrogen and oxygen atoms in total. The Bertz CT molecular complexity index is 848. The minimum atomic E-state index is 0. The standard InChI is InChI=1S/C25H38N4O3.HI/c1-20-9-10-21(18-24(20)31-5)11-12-27-25(26-2)28-19-22-7-6-8-23(17-22)32-16-14-29(3)13-15-30-4;/h6-10,17-18H,11-16,19H2,1-5H3,(H2,26,27,28);1H. The normalized spacial score (nSPS) is 11.2. The fourth-order valence-electron chi connectivity index (χ4n) is 3.18. The molecular weight excluding hydrogens is 531 g/mol. The summed E-state index contributed by atoms with van der Waals surface area (Å²) in [6, 6.07) is 14.5. The maximum atomic E-state index is 5.91. The van der Waals surface area contributed by atoms with Gasteiger partial charge in [-0.05, 0) is 55.3 Å². The second-order valence-electron chi connectivity index (χ2n) is 7.70. The summed E-state index contributed by atoms with van der Waals surface area (Å²) in [4.78, 5) is 6.51. The van der Waals surface area contributed by atoms with Crippen LogP contribution >= 0.6 is 24.0 Å². The van der Waals surface area contributed by atoms with Crippen molar-refractivity contribution >= 4 is 29.9 Å². The molecule has 0 bridgehead atoms. The molecule has 0 unspecified atom stereocenters. The maximum Gasteiger partial charge on any atom is 0.191 e. The molecule has 0 aliphatic carbocycles. The van der Waals surface area contributed by atoms with Crippen LogP contribution in [0, 0.1) is 6.92 Å². The highest BCUT2D eigenvalue weighted by molar-refractivity contribution is 14.0. The second kappa shape index (κ2) is 16.6. The molecule has 0 aliphatic rings. The predicted octanol–water partition coefficient (Wildman–Crippen LogP) is 3.49. The Balaban J connectivity index is 0.00000544. The minimum Gasteiger partial charge on any atom is -0.496 e. The highest BCUT2D eigenvalue weighted by atomic mass is 127. The van der Waals surface area contributed by atoms with Crippen LogP contribution in [0.1, 0.15) is 16.7 Å². The van der Waals surface area contributed by atoms with E-state index in [9.17, 15) is 0 Å². The molecule has 0 aliphatic heterocycles. The van der Waals surface area contributed by atoms with Gasteiger partial charge in [0.15, 0.2) is 5.96 Å². The van der Waals surface area contributed by atoms with Gasteiger partial charge in [0.2, 0.25) is 0 Å². The third kappa shape index (κ3) is 11.1. The maximum absolute atomic E-state index is 5.91. The van der Waals surface area contributed by atoms with Crippen LogP contribution in [0.25, 0.3) is 0 Å². The third-order valence-corrected chi connectivity index (χ3v) is 5.18. The number of benzene rings is 2. The summed E-state index contributed by atoms with van der Waals surface area (Å²) < 4.78 is 16.4. The third-order valence-electron chi connectivity index (χ3n) is 5.18. The van der Waals surface area contributed by atoms with Crippen LogP contribution in [0.15, 0.2) is 47.5 Å². The van der Waals surface area contributed by atoms with Gasteiger partial charge in [0.1, 0.15) is 18.1 Å². The van der Waals surface area contributed by atoms with E-state index in [1.165, 1.54) is 5.56 Å². The lowest BCUT2D eigenvalue weighted by molar-refractivity contribution is 0.150. The lowest BCUT2D eigenvalue weighted by atomic mass is 10.1. The van der Waals surface area contributed by atoms with Crippen molar-refractivity contribution in [1.82, 2.24) is 15.5 Å². The van der Waals surface area contributed by atoms with Gasteiger partial charge in [0, 0.05) is 40.3 Å². The molecule has 2 N–H and O–H groups in total. The van der Waals surface area contributed by atoms with Gasteiger partial charge in [0.25, 0.3) is 0 Å². The Labute approximate surface area is 215 Å². The van der Waals surface area contributed by atoms with Crippen molar-refractivity contribution in [2.75, 3.05) is 61.2 Å². The number of likely N-dealkylation sites (N-methyl/N-ethyl adjacent to an activating group) is 1. The van der Waals surface area contributed by atoms with Gasteiger partial charge in [-0.15, -0.1) is 24.0 Å². The van der Waals surface area contributed by atoms with E-state index in [-0.39, 0.29) is 24.0 Å². The number of aryl methyl sites for hydroxylation is 1. The molecule has 2 aromatic carbocycles. The molecule has 184 valence electrons. The summed E-state index contributed by atoms with van der Waals surface area (Å²) >= 11 is 0. The quantitative estimate of drug-likeness (QED) is 0.219. The average Bonchev–Trinajstić information content (AvgIpc) is 2.81. The Morgan fingerprint density at radius 2 is 1.79 bits per heavy atom. The SMILES string of the molecule is CN=C(NCCc1ccc(C)c(OC)c1)NCc1cccc(OCCN(C)CCOC)c1.I. The van der Waals surface area contributed by atoms with E-state index in [0.717, 1.165) is 61.2 Å². The number of halogens is 1. The van der Waals surface area contributed by atoms with Crippen molar-refractivity contribution in [1.29, 1.82) is 0 Å². The first-order valence-electron chi connectivity index (χ1n) is 11.0. The van der Waals surface area contributed by atoms with Crippen LogP contribution in [0.5, 0.6) is 11.5 Å². The number of hydrogen-bond donors (Lipinski definition) is 2. The predicted molar refractivity (Wildman–Crippen MR) is 146 cm³/mol. The van der Waals surface area contributed by atoms with E-state index in [0.29, 0.717) is 13.2 Å². The summed E-state index contributed by atoms with van der Waals surface area (Å²) in [5.41, 5.74) is 3.51. The average molecular weight is 571 g/mol. The van der Waals surface area contributed by atoms with Gasteiger partial charge in [-0.3, -0.25) is 4.99 Å². The monoisotopic (exact) mass is 570 g/mol. The van der Waals surface area contributed by atoms with Gasteiger partial charge in [-0.25, -0.2) is 0 Å². The number of guanidine groups is 1. The highest BCUT2D eigenvalue weighted by Gasteiger charge is 2.04. The van der Waals surface area contributed by atoms with Crippen molar-refractivity contribution in [2.45, 2.75) is 19.9 Å². The van der Waals surface area contributed by atoms with Crippen LogP contribution in [-0.4, -0.2) is 72.0 Å². The number of hydrogen-bond acceptors (Lipinski definition) is 5. The van der Waals surface area contributed by atoms with E-state index < -0.39 is 0 Å². The number of nitrogens with zero attached hydrogens (tertiary/aromatic N) is 2. The molecule has 0 spiro atoms. The molecule has 8 heteroatoms. The summed E-state index contributed by atoms with van der Waals surface area (Å²) in [6.07, 6.45) is 0.888. The molecular formula is C25H39IN4O3. The first-order valence-corrected chi connectivity index (χ1v) is 11.0. The lowest BCUT2D eigenvalue weighted by Crippen LogP contribution is -2.37. The largest absolute Gasteiger partial charge is 0.496 e. The van der Waals surface area contributed by atoms with E-state index in [4.69, 9.17) is 14.2 Å². The number of ether oxygens (including phenoxy) is 3. The summed E-state index contributed by atoms with van der Waals surface area (Å²) in [5, 5.41) is 6.73. The van der Waals surface area contributed by atoms with Crippen LogP contribution in [0.3, 0.4) is 0 Å².